The third-order valence-electron chi connectivity index (χ3n) is 4.61. The normalized spacial score (nSPS) is 14.1. The number of nitrogens with zero attached hydrogens (tertiary/aromatic N) is 1. The van der Waals surface area contributed by atoms with Gasteiger partial charge in [0.1, 0.15) is 18.1 Å². The smallest absolute Gasteiger partial charge is 0.326 e. The number of aliphatic carboxylic acids is 2. The number of thioether (sulfide) groups is 1. The zero-order valence-electron chi connectivity index (χ0n) is 18.9. The van der Waals surface area contributed by atoms with E-state index in [1.807, 2.05) is 6.26 Å². The molecule has 0 saturated heterocycles. The van der Waals surface area contributed by atoms with Crippen LogP contribution in [-0.4, -0.2) is 91.9 Å². The Morgan fingerprint density at radius 2 is 1.60 bits per heavy atom. The summed E-state index contributed by atoms with van der Waals surface area (Å²) in [6.07, 6.45) is 3.10. The first-order valence-electron chi connectivity index (χ1n) is 10.3. The molecule has 1 aromatic rings. The van der Waals surface area contributed by atoms with Crippen molar-refractivity contribution in [1.82, 2.24) is 25.9 Å². The van der Waals surface area contributed by atoms with E-state index < -0.39 is 72.6 Å². The fourth-order valence-electron chi connectivity index (χ4n) is 2.81. The number of nitrogens with two attached hydrogens (primary N) is 2. The number of H-pyrrole nitrogens is 1. The second-order valence-electron chi connectivity index (χ2n) is 7.46. The monoisotopic (exact) mass is 515 g/mol. The fourth-order valence-corrected chi connectivity index (χ4v) is 3.30. The zero-order chi connectivity index (χ0) is 26.5. The van der Waals surface area contributed by atoms with Crippen molar-refractivity contribution < 1.29 is 39.0 Å². The van der Waals surface area contributed by atoms with E-state index in [9.17, 15) is 33.9 Å². The third kappa shape index (κ3) is 10.9. The number of carboxylic acids is 2. The standard InChI is InChI=1S/C19H29N7O8S/c1-35-3-2-10(20)16(30)24-12(5-14(21)27)18(32)25-11(4-9-7-22-8-23-9)17(31)26-13(19(33)34)6-15(28)29/h7-8,10-13H,2-6,20H2,1H3,(H2,21,27)(H,22,23)(H,24,30)(H,25,32)(H,26,31)(H,28,29)(H,33,34). The highest BCUT2D eigenvalue weighted by atomic mass is 32.2. The molecular weight excluding hydrogens is 486 g/mol. The molecule has 1 aromatic heterocycles. The minimum absolute atomic E-state index is 0.193. The molecule has 1 heterocycles. The van der Waals surface area contributed by atoms with E-state index in [2.05, 4.69) is 25.9 Å². The first kappa shape index (κ1) is 29.4. The van der Waals surface area contributed by atoms with Gasteiger partial charge in [0.05, 0.1) is 25.2 Å². The number of carbonyl (C=O) groups excluding carboxylic acids is 4. The molecule has 4 atom stereocenters. The van der Waals surface area contributed by atoms with Gasteiger partial charge in [-0.2, -0.15) is 11.8 Å². The Balaban J connectivity index is 3.06. The molecule has 194 valence electrons. The minimum atomic E-state index is -1.77. The highest BCUT2D eigenvalue weighted by Crippen LogP contribution is 2.04. The molecule has 0 aliphatic heterocycles. The van der Waals surface area contributed by atoms with Crippen LogP contribution in [0.5, 0.6) is 0 Å². The average molecular weight is 516 g/mol. The minimum Gasteiger partial charge on any atom is -0.481 e. The van der Waals surface area contributed by atoms with Gasteiger partial charge in [0.2, 0.25) is 23.6 Å². The van der Waals surface area contributed by atoms with Crippen molar-refractivity contribution >= 4 is 47.3 Å². The van der Waals surface area contributed by atoms with Crippen LogP contribution >= 0.6 is 11.8 Å². The van der Waals surface area contributed by atoms with Crippen LogP contribution in [0.15, 0.2) is 12.5 Å². The van der Waals surface area contributed by atoms with Gasteiger partial charge in [0.25, 0.3) is 0 Å². The number of carboxylic acid groups (broad SMARTS) is 2. The molecule has 4 amide bonds. The van der Waals surface area contributed by atoms with Crippen LogP contribution in [0.4, 0.5) is 0 Å². The Kier molecular flexibility index (Phi) is 12.2. The topological polar surface area (TPSA) is 260 Å². The number of carbonyl (C=O) groups is 6. The number of primary amides is 1. The van der Waals surface area contributed by atoms with Gasteiger partial charge >= 0.3 is 11.9 Å². The van der Waals surface area contributed by atoms with Crippen molar-refractivity contribution in [3.8, 4) is 0 Å². The second-order valence-corrected chi connectivity index (χ2v) is 8.44. The Morgan fingerprint density at radius 3 is 2.11 bits per heavy atom. The third-order valence-corrected chi connectivity index (χ3v) is 5.26. The van der Waals surface area contributed by atoms with Crippen LogP contribution in [0.25, 0.3) is 0 Å². The summed E-state index contributed by atoms with van der Waals surface area (Å²) in [6, 6.07) is -5.61. The van der Waals surface area contributed by atoms with E-state index in [1.165, 1.54) is 24.3 Å². The van der Waals surface area contributed by atoms with E-state index in [0.717, 1.165) is 0 Å². The summed E-state index contributed by atoms with van der Waals surface area (Å²) in [5.74, 6) is -6.07. The molecule has 0 aromatic carbocycles. The Labute approximate surface area is 204 Å². The van der Waals surface area contributed by atoms with Crippen LogP contribution < -0.4 is 27.4 Å². The molecule has 0 aliphatic carbocycles. The maximum atomic E-state index is 12.9. The fraction of sp³-hybridized carbons (Fsp3) is 0.526. The maximum absolute atomic E-state index is 12.9. The summed E-state index contributed by atoms with van der Waals surface area (Å²) < 4.78 is 0. The molecule has 0 fully saturated rings. The first-order valence-corrected chi connectivity index (χ1v) is 11.7. The molecule has 0 aliphatic rings. The summed E-state index contributed by atoms with van der Waals surface area (Å²) in [7, 11) is 0. The Morgan fingerprint density at radius 1 is 1.00 bits per heavy atom. The van der Waals surface area contributed by atoms with Crippen LogP contribution in [-0.2, 0) is 35.2 Å². The largest absolute Gasteiger partial charge is 0.481 e. The highest BCUT2D eigenvalue weighted by Gasteiger charge is 2.32. The van der Waals surface area contributed by atoms with Crippen LogP contribution in [0.2, 0.25) is 0 Å². The number of aromatic nitrogens is 2. The van der Waals surface area contributed by atoms with Crippen molar-refractivity contribution in [3.05, 3.63) is 18.2 Å². The lowest BCUT2D eigenvalue weighted by Gasteiger charge is -2.24. The number of hydrogen-bond acceptors (Lipinski definition) is 9. The molecule has 1 rings (SSSR count). The number of hydrogen-bond donors (Lipinski definition) is 8. The lowest BCUT2D eigenvalue weighted by atomic mass is 10.1. The van der Waals surface area contributed by atoms with Gasteiger partial charge in [-0.25, -0.2) is 9.78 Å². The maximum Gasteiger partial charge on any atom is 0.326 e. The average Bonchev–Trinajstić information content (AvgIpc) is 3.28. The van der Waals surface area contributed by atoms with E-state index in [4.69, 9.17) is 16.6 Å². The van der Waals surface area contributed by atoms with E-state index in [-0.39, 0.29) is 6.42 Å². The molecule has 16 heteroatoms. The van der Waals surface area contributed by atoms with E-state index in [1.54, 1.807) is 0 Å². The second kappa shape index (κ2) is 14.6. The van der Waals surface area contributed by atoms with Crippen molar-refractivity contribution in [1.29, 1.82) is 0 Å². The van der Waals surface area contributed by atoms with Gasteiger partial charge in [-0.1, -0.05) is 0 Å². The number of imidazole rings is 1. The lowest BCUT2D eigenvalue weighted by molar-refractivity contribution is -0.147. The molecule has 0 spiro atoms. The van der Waals surface area contributed by atoms with E-state index in [0.29, 0.717) is 17.9 Å². The molecule has 15 nitrogen and oxygen atoms in total. The molecule has 0 radical (unpaired) electrons. The quantitative estimate of drug-likeness (QED) is 0.109. The Bertz CT molecular complexity index is 911. The molecule has 0 bridgehead atoms. The number of amides is 4. The number of aromatic amines is 1. The number of rotatable bonds is 16. The SMILES string of the molecule is CSCCC(N)C(=O)NC(CC(N)=O)C(=O)NC(Cc1cnc[nH]1)C(=O)NC(CC(=O)O)C(=O)O. The molecule has 0 saturated carbocycles. The van der Waals surface area contributed by atoms with Gasteiger partial charge in [-0.15, -0.1) is 0 Å². The van der Waals surface area contributed by atoms with Crippen molar-refractivity contribution in [2.45, 2.75) is 49.9 Å². The summed E-state index contributed by atoms with van der Waals surface area (Å²) in [4.78, 5) is 78.3. The van der Waals surface area contributed by atoms with Gasteiger partial charge in [-0.05, 0) is 18.4 Å². The van der Waals surface area contributed by atoms with Crippen LogP contribution in [0.3, 0.4) is 0 Å². The van der Waals surface area contributed by atoms with Crippen LogP contribution in [0, 0.1) is 0 Å². The molecule has 35 heavy (non-hydrogen) atoms. The number of nitrogens with one attached hydrogen (secondary N) is 4. The van der Waals surface area contributed by atoms with Gasteiger partial charge in [0.15, 0.2) is 0 Å². The lowest BCUT2D eigenvalue weighted by Crippen LogP contribution is -2.58. The van der Waals surface area contributed by atoms with Crippen molar-refractivity contribution in [2.24, 2.45) is 11.5 Å². The highest BCUT2D eigenvalue weighted by molar-refractivity contribution is 7.98. The van der Waals surface area contributed by atoms with Crippen molar-refractivity contribution in [3.63, 3.8) is 0 Å². The van der Waals surface area contributed by atoms with Crippen LogP contribution in [0.1, 0.15) is 25.0 Å². The molecule has 4 unspecified atom stereocenters. The summed E-state index contributed by atoms with van der Waals surface area (Å²) in [6.45, 7) is 0. The summed E-state index contributed by atoms with van der Waals surface area (Å²) in [5.41, 5.74) is 11.4. The van der Waals surface area contributed by atoms with E-state index >= 15 is 0 Å². The summed E-state index contributed by atoms with van der Waals surface area (Å²) >= 11 is 1.46. The molecule has 10 N–H and O–H groups in total. The Hall–Kier alpha value is -3.66. The van der Waals surface area contributed by atoms with Gasteiger partial charge < -0.3 is 42.6 Å². The molecular formula is C19H29N7O8S. The van der Waals surface area contributed by atoms with Gasteiger partial charge in [0, 0.05) is 18.3 Å². The van der Waals surface area contributed by atoms with Gasteiger partial charge in [-0.3, -0.25) is 24.0 Å². The van der Waals surface area contributed by atoms with Crippen molar-refractivity contribution in [2.75, 3.05) is 12.0 Å². The first-order chi connectivity index (χ1) is 16.4. The predicted octanol–water partition coefficient (Wildman–Crippen LogP) is -3.08. The predicted molar refractivity (Wildman–Crippen MR) is 123 cm³/mol. The zero-order valence-corrected chi connectivity index (χ0v) is 19.7. The summed E-state index contributed by atoms with van der Waals surface area (Å²) in [5, 5.41) is 24.8.